The van der Waals surface area contributed by atoms with Gasteiger partial charge in [0.05, 0.1) is 6.42 Å². The summed E-state index contributed by atoms with van der Waals surface area (Å²) in [6.07, 6.45) is 1.57. The SMILES string of the molecule is CCCC(c1ccc(C(=O)NCCC(=O)O)cc1)C(c1ccc(Cl)cc1Cl)c1ccc(F)c2ccccc12. The maximum absolute atomic E-state index is 14.8. The number of carboxylic acid groups (broad SMARTS) is 1. The lowest BCUT2D eigenvalue weighted by Crippen LogP contribution is -2.26. The van der Waals surface area contributed by atoms with Crippen LogP contribution in [-0.4, -0.2) is 23.5 Å². The summed E-state index contributed by atoms with van der Waals surface area (Å²) in [7, 11) is 0. The Kier molecular flexibility index (Phi) is 9.03. The van der Waals surface area contributed by atoms with E-state index in [0.29, 0.717) is 21.0 Å². The molecule has 0 aromatic heterocycles. The summed E-state index contributed by atoms with van der Waals surface area (Å²) in [6, 6.07) is 23.6. The number of carbonyl (C=O) groups is 2. The number of aliphatic carboxylic acids is 1. The predicted molar refractivity (Wildman–Crippen MR) is 151 cm³/mol. The molecule has 2 atom stereocenters. The van der Waals surface area contributed by atoms with E-state index in [9.17, 15) is 14.0 Å². The summed E-state index contributed by atoms with van der Waals surface area (Å²) in [5.74, 6) is -1.82. The van der Waals surface area contributed by atoms with Gasteiger partial charge in [-0.25, -0.2) is 4.39 Å². The fourth-order valence-corrected chi connectivity index (χ4v) is 5.54. The number of hydrogen-bond donors (Lipinski definition) is 2. The van der Waals surface area contributed by atoms with E-state index in [4.69, 9.17) is 28.3 Å². The topological polar surface area (TPSA) is 66.4 Å². The molecule has 196 valence electrons. The zero-order valence-electron chi connectivity index (χ0n) is 20.9. The number of hydrogen-bond acceptors (Lipinski definition) is 2. The number of amides is 1. The van der Waals surface area contributed by atoms with Gasteiger partial charge in [0.25, 0.3) is 5.91 Å². The van der Waals surface area contributed by atoms with E-state index in [2.05, 4.69) is 12.2 Å². The maximum Gasteiger partial charge on any atom is 0.305 e. The number of nitrogens with one attached hydrogen (secondary N) is 1. The third-order valence-corrected chi connectivity index (χ3v) is 7.33. The normalized spacial score (nSPS) is 12.7. The monoisotopic (exact) mass is 551 g/mol. The molecule has 38 heavy (non-hydrogen) atoms. The van der Waals surface area contributed by atoms with E-state index < -0.39 is 5.97 Å². The molecule has 2 unspecified atom stereocenters. The highest BCUT2D eigenvalue weighted by Crippen LogP contribution is 2.46. The molecule has 0 aliphatic rings. The largest absolute Gasteiger partial charge is 0.481 e. The Labute approximate surface area is 231 Å². The summed E-state index contributed by atoms with van der Waals surface area (Å²) in [4.78, 5) is 23.2. The van der Waals surface area contributed by atoms with Crippen molar-refractivity contribution >= 4 is 45.9 Å². The zero-order chi connectivity index (χ0) is 27.2. The van der Waals surface area contributed by atoms with Crippen LogP contribution in [0.25, 0.3) is 10.8 Å². The van der Waals surface area contributed by atoms with E-state index in [0.717, 1.165) is 34.9 Å². The van der Waals surface area contributed by atoms with Gasteiger partial charge in [-0.3, -0.25) is 9.59 Å². The van der Waals surface area contributed by atoms with Crippen LogP contribution >= 0.6 is 23.2 Å². The Morgan fingerprint density at radius 3 is 2.26 bits per heavy atom. The summed E-state index contributed by atoms with van der Waals surface area (Å²) in [6.45, 7) is 2.17. The third kappa shape index (κ3) is 6.17. The van der Waals surface area contributed by atoms with Crippen LogP contribution in [0.3, 0.4) is 0 Å². The van der Waals surface area contributed by atoms with Crippen LogP contribution < -0.4 is 5.32 Å². The summed E-state index contributed by atoms with van der Waals surface area (Å²) < 4.78 is 14.8. The molecule has 0 heterocycles. The van der Waals surface area contributed by atoms with Crippen molar-refractivity contribution in [1.29, 1.82) is 0 Å². The molecule has 4 rings (SSSR count). The molecule has 4 nitrogen and oxygen atoms in total. The van der Waals surface area contributed by atoms with Gasteiger partial charge in [0.1, 0.15) is 5.82 Å². The molecule has 0 fully saturated rings. The van der Waals surface area contributed by atoms with Gasteiger partial charge in [-0.15, -0.1) is 0 Å². The fraction of sp³-hybridized carbons (Fsp3) is 0.226. The van der Waals surface area contributed by atoms with Crippen LogP contribution in [0, 0.1) is 5.82 Å². The average Bonchev–Trinajstić information content (AvgIpc) is 2.90. The van der Waals surface area contributed by atoms with Crippen LogP contribution in [0.1, 0.15) is 65.1 Å². The molecule has 0 radical (unpaired) electrons. The maximum atomic E-state index is 14.8. The average molecular weight is 552 g/mol. The number of halogens is 3. The number of benzene rings is 4. The Morgan fingerprint density at radius 2 is 1.61 bits per heavy atom. The number of fused-ring (bicyclic) bond motifs is 1. The first-order chi connectivity index (χ1) is 18.3. The second kappa shape index (κ2) is 12.4. The standard InChI is InChI=1S/C31H28Cl2FNO3/c1-2-5-22(19-8-10-20(11-9-19)31(38)35-17-16-29(36)37)30(26-13-12-21(32)18-27(26)33)25-14-15-28(34)24-7-4-3-6-23(24)25/h3-4,6-15,18,22,30H,2,5,16-17H2,1H3,(H,35,38)(H,36,37). The lowest BCUT2D eigenvalue weighted by molar-refractivity contribution is -0.136. The molecular weight excluding hydrogens is 524 g/mol. The van der Waals surface area contributed by atoms with Crippen LogP contribution in [0.15, 0.2) is 78.9 Å². The highest BCUT2D eigenvalue weighted by molar-refractivity contribution is 6.35. The molecule has 0 bridgehead atoms. The highest BCUT2D eigenvalue weighted by Gasteiger charge is 2.29. The van der Waals surface area contributed by atoms with E-state index >= 15 is 0 Å². The van der Waals surface area contributed by atoms with Gasteiger partial charge in [-0.1, -0.05) is 85.1 Å². The first-order valence-corrected chi connectivity index (χ1v) is 13.3. The predicted octanol–water partition coefficient (Wildman–Crippen LogP) is 8.21. The number of carboxylic acids is 1. The molecule has 0 aliphatic heterocycles. The van der Waals surface area contributed by atoms with Crippen molar-refractivity contribution in [2.75, 3.05) is 6.54 Å². The molecule has 4 aromatic carbocycles. The Bertz CT molecular complexity index is 1460. The molecule has 0 saturated heterocycles. The van der Waals surface area contributed by atoms with Gasteiger partial charge in [-0.05, 0) is 64.7 Å². The number of carbonyl (C=O) groups excluding carboxylic acids is 1. The van der Waals surface area contributed by atoms with E-state index in [1.807, 2.05) is 48.5 Å². The molecule has 0 saturated carbocycles. The lowest BCUT2D eigenvalue weighted by atomic mass is 9.74. The minimum atomic E-state index is -0.969. The van der Waals surface area contributed by atoms with Crippen molar-refractivity contribution in [2.45, 2.75) is 38.0 Å². The summed E-state index contributed by atoms with van der Waals surface area (Å²) in [5, 5.41) is 13.9. The van der Waals surface area contributed by atoms with Gasteiger partial charge in [0, 0.05) is 33.5 Å². The molecule has 2 N–H and O–H groups in total. The van der Waals surface area contributed by atoms with Crippen molar-refractivity contribution < 1.29 is 19.1 Å². The summed E-state index contributed by atoms with van der Waals surface area (Å²) in [5.41, 5.74) is 3.31. The zero-order valence-corrected chi connectivity index (χ0v) is 22.4. The smallest absolute Gasteiger partial charge is 0.305 e. The summed E-state index contributed by atoms with van der Waals surface area (Å²) >= 11 is 13.0. The minimum absolute atomic E-state index is 0.0309. The molecule has 4 aromatic rings. The van der Waals surface area contributed by atoms with E-state index in [1.54, 1.807) is 24.3 Å². The van der Waals surface area contributed by atoms with Crippen LogP contribution in [0.2, 0.25) is 10.0 Å². The van der Waals surface area contributed by atoms with Crippen molar-refractivity contribution in [3.8, 4) is 0 Å². The third-order valence-electron chi connectivity index (χ3n) is 6.76. The number of rotatable bonds is 10. The fourth-order valence-electron chi connectivity index (χ4n) is 5.02. The second-order valence-corrected chi connectivity index (χ2v) is 10.1. The van der Waals surface area contributed by atoms with Crippen LogP contribution in [0.5, 0.6) is 0 Å². The molecule has 0 aliphatic carbocycles. The molecule has 1 amide bonds. The minimum Gasteiger partial charge on any atom is -0.481 e. The Balaban J connectivity index is 1.80. The van der Waals surface area contributed by atoms with Gasteiger partial charge >= 0.3 is 5.97 Å². The molecule has 7 heteroatoms. The van der Waals surface area contributed by atoms with E-state index in [1.165, 1.54) is 6.07 Å². The first-order valence-electron chi connectivity index (χ1n) is 12.5. The van der Waals surface area contributed by atoms with Gasteiger partial charge in [-0.2, -0.15) is 0 Å². The Morgan fingerprint density at radius 1 is 0.921 bits per heavy atom. The first kappa shape index (κ1) is 27.6. The molecule has 0 spiro atoms. The second-order valence-electron chi connectivity index (χ2n) is 9.24. The quantitative estimate of drug-likeness (QED) is 0.208. The molecular formula is C31H28Cl2FNO3. The van der Waals surface area contributed by atoms with Crippen LogP contribution in [-0.2, 0) is 4.79 Å². The van der Waals surface area contributed by atoms with Crippen molar-refractivity contribution in [3.05, 3.63) is 117 Å². The van der Waals surface area contributed by atoms with E-state index in [-0.39, 0.29) is 36.5 Å². The van der Waals surface area contributed by atoms with Gasteiger partial charge < -0.3 is 10.4 Å². The van der Waals surface area contributed by atoms with Crippen molar-refractivity contribution in [3.63, 3.8) is 0 Å². The van der Waals surface area contributed by atoms with Gasteiger partial charge in [0.15, 0.2) is 0 Å². The van der Waals surface area contributed by atoms with Gasteiger partial charge in [0.2, 0.25) is 0 Å². The van der Waals surface area contributed by atoms with Crippen molar-refractivity contribution in [2.24, 2.45) is 0 Å². The van der Waals surface area contributed by atoms with Crippen molar-refractivity contribution in [1.82, 2.24) is 5.32 Å². The lowest BCUT2D eigenvalue weighted by Gasteiger charge is -2.30. The van der Waals surface area contributed by atoms with Crippen LogP contribution in [0.4, 0.5) is 4.39 Å². The Hall–Kier alpha value is -3.41. The highest BCUT2D eigenvalue weighted by atomic mass is 35.5.